The number of aryl methyl sites for hydroxylation is 3. The molecular formula is C47H69NO4. The fourth-order valence-electron chi connectivity index (χ4n) is 9.01. The lowest BCUT2D eigenvalue weighted by molar-refractivity contribution is -0.192. The third kappa shape index (κ3) is 6.47. The van der Waals surface area contributed by atoms with Gasteiger partial charge in [-0.2, -0.15) is 0 Å². The maximum Gasteiger partial charge on any atom is 0.314 e. The van der Waals surface area contributed by atoms with E-state index in [0.717, 1.165) is 27.8 Å². The Morgan fingerprint density at radius 2 is 1.54 bits per heavy atom. The number of ether oxygens (including phenoxy) is 1. The predicted molar refractivity (Wildman–Crippen MR) is 216 cm³/mol. The Morgan fingerprint density at radius 1 is 0.942 bits per heavy atom. The third-order valence-corrected chi connectivity index (χ3v) is 14.1. The molecule has 4 rings (SSSR count). The maximum atomic E-state index is 12.4. The van der Waals surface area contributed by atoms with Crippen LogP contribution in [0.4, 0.5) is 0 Å². The average molecular weight is 717 g/mol. The topological polar surface area (TPSA) is 70.0 Å². The second kappa shape index (κ2) is 15.0. The van der Waals surface area contributed by atoms with Crippen molar-refractivity contribution < 1.29 is 26.6 Å². The highest BCUT2D eigenvalue weighted by atomic mass is 16.5. The van der Waals surface area contributed by atoms with Gasteiger partial charge in [0.2, 0.25) is 0 Å². The second-order valence-corrected chi connectivity index (χ2v) is 16.9. The summed E-state index contributed by atoms with van der Waals surface area (Å²) in [6.45, 7) is 29.1. The van der Waals surface area contributed by atoms with E-state index in [2.05, 4.69) is 85.7 Å². The summed E-state index contributed by atoms with van der Waals surface area (Å²) in [7, 11) is 1.78. The van der Waals surface area contributed by atoms with Crippen molar-refractivity contribution >= 4 is 5.97 Å². The van der Waals surface area contributed by atoms with Crippen LogP contribution >= 0.6 is 0 Å². The van der Waals surface area contributed by atoms with Gasteiger partial charge in [-0.1, -0.05) is 90.1 Å². The van der Waals surface area contributed by atoms with Crippen molar-refractivity contribution in [2.75, 3.05) is 13.7 Å². The molecule has 0 radical (unpaired) electrons. The van der Waals surface area contributed by atoms with Crippen molar-refractivity contribution in [3.05, 3.63) is 104 Å². The number of benzene rings is 3. The number of carboxylic acids is 1. The molecule has 1 aliphatic rings. The zero-order valence-corrected chi connectivity index (χ0v) is 34.8. The molecule has 0 amide bonds. The van der Waals surface area contributed by atoms with Crippen molar-refractivity contribution in [3.8, 4) is 0 Å². The maximum absolute atomic E-state index is 12.4. The second-order valence-electron chi connectivity index (χ2n) is 16.9. The first kappa shape index (κ1) is 34.8. The van der Waals surface area contributed by atoms with Crippen LogP contribution in [0.1, 0.15) is 144 Å². The third-order valence-electron chi connectivity index (χ3n) is 14.1. The molecule has 3 aromatic rings. The minimum Gasteiger partial charge on any atom is -0.481 e. The lowest BCUT2D eigenvalue weighted by Gasteiger charge is -2.64. The summed E-state index contributed by atoms with van der Waals surface area (Å²) < 4.78 is 55.1. The molecule has 1 heterocycles. The Balaban J connectivity index is 1.87. The van der Waals surface area contributed by atoms with Crippen molar-refractivity contribution in [2.24, 2.45) is 22.6 Å². The lowest BCUT2D eigenvalue weighted by atomic mass is 9.48. The molecule has 0 bridgehead atoms. The summed E-state index contributed by atoms with van der Waals surface area (Å²) >= 11 is 0. The summed E-state index contributed by atoms with van der Waals surface area (Å²) in [6, 6.07) is 12.7. The van der Waals surface area contributed by atoms with Crippen molar-refractivity contribution in [1.82, 2.24) is 4.90 Å². The van der Waals surface area contributed by atoms with Crippen LogP contribution in [-0.4, -0.2) is 46.8 Å². The van der Waals surface area contributed by atoms with Gasteiger partial charge in [0.25, 0.3) is 0 Å². The molecule has 0 saturated carbocycles. The molecule has 7 atom stereocenters. The Labute approximate surface area is 323 Å². The normalized spacial score (nSPS) is 27.0. The van der Waals surface area contributed by atoms with Crippen molar-refractivity contribution in [3.63, 3.8) is 0 Å². The molecule has 2 N–H and O–H groups in total. The zero-order valence-electron chi connectivity index (χ0n) is 39.8. The van der Waals surface area contributed by atoms with Crippen LogP contribution in [0.3, 0.4) is 0 Å². The van der Waals surface area contributed by atoms with Gasteiger partial charge in [0.05, 0.1) is 12.9 Å². The number of aliphatic hydroxyl groups is 1. The number of methoxy groups -OCH3 is 1. The zero-order chi connectivity index (χ0) is 43.9. The van der Waals surface area contributed by atoms with E-state index in [9.17, 15) is 21.9 Å². The highest BCUT2D eigenvalue weighted by Gasteiger charge is 2.63. The van der Waals surface area contributed by atoms with E-state index in [1.807, 2.05) is 25.7 Å². The molecule has 0 aromatic heterocycles. The largest absolute Gasteiger partial charge is 0.481 e. The van der Waals surface area contributed by atoms with Crippen LogP contribution in [-0.2, 0) is 20.5 Å². The van der Waals surface area contributed by atoms with E-state index in [-0.39, 0.29) is 18.0 Å². The van der Waals surface area contributed by atoms with Gasteiger partial charge in [0.15, 0.2) is 0 Å². The number of piperidine rings is 1. The minimum atomic E-state index is -2.82. The Morgan fingerprint density at radius 3 is 2.10 bits per heavy atom. The minimum absolute atomic E-state index is 0.0123. The summed E-state index contributed by atoms with van der Waals surface area (Å²) in [6.07, 6.45) is -5.11. The van der Waals surface area contributed by atoms with Crippen molar-refractivity contribution in [1.29, 1.82) is 0 Å². The van der Waals surface area contributed by atoms with Crippen LogP contribution in [0.2, 0.25) is 0 Å². The van der Waals surface area contributed by atoms with Gasteiger partial charge in [-0.25, -0.2) is 0 Å². The molecule has 7 unspecified atom stereocenters. The standard InChI is InChI=1S/C47H69NO4/c1-28(2)46(15,43(50)51)38-21-22-39(31(5)27-38)42(49)32(6)26-33(7)48-25-24-45(14,44(12,13)37(48)11)47(52-16,40-19-17-18-29(3)35(40)9)41-23-20-30(4)34(8)36(41)10/h17-23,27-28,32-33,37,42,49H,24-26H2,1-16H3,(H,50,51)/i26D2,32D,33D,42D. The van der Waals surface area contributed by atoms with E-state index >= 15 is 0 Å². The highest BCUT2D eigenvalue weighted by Crippen LogP contribution is 2.63. The van der Waals surface area contributed by atoms with Gasteiger partial charge in [-0.05, 0) is 155 Å². The summed E-state index contributed by atoms with van der Waals surface area (Å²) in [5.41, 5.74) is 5.29. The Kier molecular flexibility index (Phi) is 10.0. The first-order valence-electron chi connectivity index (χ1n) is 21.4. The molecule has 52 heavy (non-hydrogen) atoms. The van der Waals surface area contributed by atoms with Gasteiger partial charge in [-0.15, -0.1) is 0 Å². The summed E-state index contributed by atoms with van der Waals surface area (Å²) in [4.78, 5) is 14.2. The average Bonchev–Trinajstić information content (AvgIpc) is 3.11. The monoisotopic (exact) mass is 717 g/mol. The lowest BCUT2D eigenvalue weighted by Crippen LogP contribution is -2.66. The number of rotatable bonds is 12. The van der Waals surface area contributed by atoms with Crippen molar-refractivity contribution in [2.45, 2.75) is 146 Å². The van der Waals surface area contributed by atoms with Crippen LogP contribution in [0.5, 0.6) is 0 Å². The molecule has 5 nitrogen and oxygen atoms in total. The van der Waals surface area contributed by atoms with Gasteiger partial charge in [0.1, 0.15) is 5.60 Å². The number of carboxylic acid groups (broad SMARTS) is 1. The molecule has 1 fully saturated rings. The number of hydrogen-bond acceptors (Lipinski definition) is 4. The van der Waals surface area contributed by atoms with E-state index < -0.39 is 58.2 Å². The van der Waals surface area contributed by atoms with Gasteiger partial charge >= 0.3 is 5.97 Å². The fraction of sp³-hybridized carbons (Fsp3) is 0.596. The number of nitrogens with zero attached hydrogens (tertiary/aromatic N) is 1. The molecule has 286 valence electrons. The highest BCUT2D eigenvalue weighted by molar-refractivity contribution is 5.81. The smallest absolute Gasteiger partial charge is 0.314 e. The van der Waals surface area contributed by atoms with E-state index in [1.54, 1.807) is 33.1 Å². The predicted octanol–water partition coefficient (Wildman–Crippen LogP) is 10.7. The van der Waals surface area contributed by atoms with E-state index in [4.69, 9.17) is 4.74 Å². The Bertz CT molecular complexity index is 2020. The SMILES string of the molecule is [2H]C(O)(c1ccc(C(C)(C(=O)O)C(C)C)cc1C)C([2H])(C)C([2H])([2H])C([2H])(C)N1CCC(C)(C(OC)(c2cccc(C)c2C)c2ccc(C)c(C)c2C)C(C)(C)C1C. The number of aliphatic carboxylic acids is 1. The van der Waals surface area contributed by atoms with E-state index in [0.29, 0.717) is 17.5 Å². The van der Waals surface area contributed by atoms with E-state index in [1.165, 1.54) is 31.0 Å². The van der Waals surface area contributed by atoms with Gasteiger partial charge in [-0.3, -0.25) is 9.69 Å². The molecule has 0 spiro atoms. The van der Waals surface area contributed by atoms with Gasteiger partial charge < -0.3 is 14.9 Å². The first-order valence-corrected chi connectivity index (χ1v) is 18.9. The van der Waals surface area contributed by atoms with Crippen LogP contribution in [0.15, 0.2) is 48.5 Å². The molecular weight excluding hydrogens is 643 g/mol. The number of carbonyl (C=O) groups is 1. The molecule has 1 saturated heterocycles. The number of likely N-dealkylation sites (tertiary alicyclic amines) is 1. The number of hydrogen-bond donors (Lipinski definition) is 2. The first-order chi connectivity index (χ1) is 25.8. The molecule has 1 aliphatic heterocycles. The molecule has 3 aromatic carbocycles. The van der Waals surface area contributed by atoms with Crippen LogP contribution in [0.25, 0.3) is 0 Å². The summed E-state index contributed by atoms with van der Waals surface area (Å²) in [5.74, 6) is -3.85. The quantitative estimate of drug-likeness (QED) is 0.195. The van der Waals surface area contributed by atoms with Gasteiger partial charge in [0, 0.05) is 30.1 Å². The fourth-order valence-corrected chi connectivity index (χ4v) is 9.01. The molecule has 5 heteroatoms. The summed E-state index contributed by atoms with van der Waals surface area (Å²) in [5, 5.41) is 22.2. The Hall–Kier alpha value is -2.99. The molecule has 0 aliphatic carbocycles. The van der Waals surface area contributed by atoms with Crippen LogP contribution < -0.4 is 0 Å². The van der Waals surface area contributed by atoms with Crippen LogP contribution in [0, 0.1) is 64.2 Å².